The van der Waals surface area contributed by atoms with Crippen LogP contribution in [0.25, 0.3) is 21.7 Å². The molecule has 2 aromatic heterocycles. The van der Waals surface area contributed by atoms with E-state index in [2.05, 4.69) is 20.5 Å². The Morgan fingerprint density at radius 2 is 2.04 bits per heavy atom. The van der Waals surface area contributed by atoms with E-state index in [4.69, 9.17) is 20.8 Å². The van der Waals surface area contributed by atoms with Gasteiger partial charge >= 0.3 is 6.01 Å². The molecule has 4 aromatic rings. The highest BCUT2D eigenvalue weighted by molar-refractivity contribution is 7.22. The Hall–Kier alpha value is -2.64. The molecule has 0 saturated carbocycles. The van der Waals surface area contributed by atoms with E-state index in [0.29, 0.717) is 21.6 Å². The molecule has 24 heavy (non-hydrogen) atoms. The summed E-state index contributed by atoms with van der Waals surface area (Å²) in [6.45, 7) is 0. The van der Waals surface area contributed by atoms with E-state index in [9.17, 15) is 0 Å². The van der Waals surface area contributed by atoms with Crippen molar-refractivity contribution in [3.63, 3.8) is 0 Å². The van der Waals surface area contributed by atoms with E-state index < -0.39 is 0 Å². The highest BCUT2D eigenvalue weighted by atomic mass is 35.5. The molecule has 0 atom stereocenters. The molecule has 1 N–H and O–H groups in total. The maximum absolute atomic E-state index is 6.14. The van der Waals surface area contributed by atoms with Crippen LogP contribution < -0.4 is 10.1 Å². The number of hydrogen-bond acceptors (Lipinski definition) is 7. The number of nitrogens with zero attached hydrogens (tertiary/aromatic N) is 3. The number of ether oxygens (including phenoxy) is 1. The lowest BCUT2D eigenvalue weighted by Crippen LogP contribution is -1.88. The summed E-state index contributed by atoms with van der Waals surface area (Å²) in [5.74, 6) is 1.14. The lowest BCUT2D eigenvalue weighted by molar-refractivity contribution is 0.415. The standard InChI is InChI=1S/C16H11ClN4O2S/c1-22-9-6-7-12-13(8-9)24-16(18-12)19-15-21-20-14(23-15)10-4-2-3-5-11(10)17/h2-8H,1H3,(H,18,19,21). The lowest BCUT2D eigenvalue weighted by atomic mass is 10.2. The van der Waals surface area contributed by atoms with Crippen molar-refractivity contribution in [1.29, 1.82) is 0 Å². The number of fused-ring (bicyclic) bond motifs is 1. The van der Waals surface area contributed by atoms with Crippen molar-refractivity contribution in [1.82, 2.24) is 15.2 Å². The molecule has 4 rings (SSSR count). The number of halogens is 1. The zero-order valence-electron chi connectivity index (χ0n) is 12.5. The molecule has 0 unspecified atom stereocenters. The zero-order chi connectivity index (χ0) is 16.5. The van der Waals surface area contributed by atoms with Crippen LogP contribution in [0, 0.1) is 0 Å². The average Bonchev–Trinajstić information content (AvgIpc) is 3.21. The number of hydrogen-bond donors (Lipinski definition) is 1. The number of thiazole rings is 1. The second-order valence-corrected chi connectivity index (χ2v) is 6.31. The molecular weight excluding hydrogens is 348 g/mol. The molecule has 0 aliphatic carbocycles. The van der Waals surface area contributed by atoms with Crippen molar-refractivity contribution in [3.8, 4) is 17.2 Å². The fraction of sp³-hybridized carbons (Fsp3) is 0.0625. The van der Waals surface area contributed by atoms with Gasteiger partial charge in [-0.15, -0.1) is 5.10 Å². The molecule has 0 aliphatic heterocycles. The molecule has 120 valence electrons. The molecule has 0 aliphatic rings. The Bertz CT molecular complexity index is 1010. The maximum atomic E-state index is 6.14. The third-order valence-electron chi connectivity index (χ3n) is 3.34. The van der Waals surface area contributed by atoms with Crippen LogP contribution in [0.4, 0.5) is 11.1 Å². The zero-order valence-corrected chi connectivity index (χ0v) is 14.1. The molecular formula is C16H11ClN4O2S. The highest BCUT2D eigenvalue weighted by Gasteiger charge is 2.13. The van der Waals surface area contributed by atoms with Crippen molar-refractivity contribution >= 4 is 44.3 Å². The van der Waals surface area contributed by atoms with Crippen molar-refractivity contribution in [2.75, 3.05) is 12.4 Å². The normalized spacial score (nSPS) is 10.9. The molecule has 8 heteroatoms. The molecule has 0 saturated heterocycles. The molecule has 0 fully saturated rings. The Balaban J connectivity index is 1.61. The third kappa shape index (κ3) is 2.79. The number of aromatic nitrogens is 3. The highest BCUT2D eigenvalue weighted by Crippen LogP contribution is 2.32. The van der Waals surface area contributed by atoms with Gasteiger partial charge in [-0.3, -0.25) is 5.32 Å². The number of rotatable bonds is 4. The fourth-order valence-electron chi connectivity index (χ4n) is 2.19. The van der Waals surface area contributed by atoms with Crippen LogP contribution in [-0.2, 0) is 0 Å². The predicted molar refractivity (Wildman–Crippen MR) is 94.2 cm³/mol. The second-order valence-electron chi connectivity index (χ2n) is 4.87. The van der Waals surface area contributed by atoms with Gasteiger partial charge in [0.2, 0.25) is 0 Å². The van der Waals surface area contributed by atoms with E-state index in [0.717, 1.165) is 16.0 Å². The largest absolute Gasteiger partial charge is 0.497 e. The molecule has 0 radical (unpaired) electrons. The molecule has 2 heterocycles. The number of anilines is 2. The second kappa shape index (κ2) is 6.10. The monoisotopic (exact) mass is 358 g/mol. The van der Waals surface area contributed by atoms with Crippen LogP contribution in [0.2, 0.25) is 5.02 Å². The van der Waals surface area contributed by atoms with Crippen molar-refractivity contribution in [3.05, 3.63) is 47.5 Å². The summed E-state index contributed by atoms with van der Waals surface area (Å²) in [6.07, 6.45) is 0. The minimum Gasteiger partial charge on any atom is -0.497 e. The van der Waals surface area contributed by atoms with Gasteiger partial charge in [-0.1, -0.05) is 40.2 Å². The average molecular weight is 359 g/mol. The van der Waals surface area contributed by atoms with E-state index in [1.54, 1.807) is 13.2 Å². The van der Waals surface area contributed by atoms with Crippen LogP contribution in [-0.4, -0.2) is 22.3 Å². The first-order valence-electron chi connectivity index (χ1n) is 7.03. The van der Waals surface area contributed by atoms with Crippen molar-refractivity contribution in [2.24, 2.45) is 0 Å². The van der Waals surface area contributed by atoms with Gasteiger partial charge in [-0.2, -0.15) is 0 Å². The summed E-state index contributed by atoms with van der Waals surface area (Å²) in [5, 5.41) is 12.2. The van der Waals surface area contributed by atoms with Crippen LogP contribution >= 0.6 is 22.9 Å². The van der Waals surface area contributed by atoms with E-state index in [1.165, 1.54) is 11.3 Å². The predicted octanol–water partition coefficient (Wildman–Crippen LogP) is 4.75. The summed E-state index contributed by atoms with van der Waals surface area (Å²) in [4.78, 5) is 4.48. The third-order valence-corrected chi connectivity index (χ3v) is 4.60. The maximum Gasteiger partial charge on any atom is 0.322 e. The Morgan fingerprint density at radius 3 is 2.88 bits per heavy atom. The quantitative estimate of drug-likeness (QED) is 0.567. The summed E-state index contributed by atoms with van der Waals surface area (Å²) < 4.78 is 11.8. The van der Waals surface area contributed by atoms with Crippen molar-refractivity contribution < 1.29 is 9.15 Å². The van der Waals surface area contributed by atoms with E-state index in [1.807, 2.05) is 36.4 Å². The van der Waals surface area contributed by atoms with Gasteiger partial charge in [-0.25, -0.2) is 4.98 Å². The molecule has 0 spiro atoms. The van der Waals surface area contributed by atoms with Crippen LogP contribution in [0.1, 0.15) is 0 Å². The molecule has 0 amide bonds. The number of nitrogens with one attached hydrogen (secondary N) is 1. The summed E-state index contributed by atoms with van der Waals surface area (Å²) in [5.41, 5.74) is 1.56. The number of benzene rings is 2. The van der Waals surface area contributed by atoms with Crippen molar-refractivity contribution in [2.45, 2.75) is 0 Å². The van der Waals surface area contributed by atoms with E-state index >= 15 is 0 Å². The first-order valence-corrected chi connectivity index (χ1v) is 8.22. The van der Waals surface area contributed by atoms with Gasteiger partial charge in [0, 0.05) is 0 Å². The first-order chi connectivity index (χ1) is 11.7. The summed E-state index contributed by atoms with van der Waals surface area (Å²) in [7, 11) is 1.63. The van der Waals surface area contributed by atoms with Gasteiger partial charge < -0.3 is 9.15 Å². The molecule has 6 nitrogen and oxygen atoms in total. The van der Waals surface area contributed by atoms with Gasteiger partial charge in [-0.05, 0) is 30.3 Å². The van der Waals surface area contributed by atoms with Gasteiger partial charge in [0.1, 0.15) is 5.75 Å². The molecule has 2 aromatic carbocycles. The Morgan fingerprint density at radius 1 is 1.17 bits per heavy atom. The van der Waals surface area contributed by atoms with Gasteiger partial charge in [0.05, 0.1) is 27.9 Å². The minimum atomic E-state index is 0.260. The SMILES string of the molecule is COc1ccc2nc(Nc3nnc(-c4ccccc4Cl)o3)sc2c1. The Labute approximate surface area is 146 Å². The van der Waals surface area contributed by atoms with Gasteiger partial charge in [0.25, 0.3) is 5.89 Å². The minimum absolute atomic E-state index is 0.260. The topological polar surface area (TPSA) is 73.1 Å². The molecule has 0 bridgehead atoms. The van der Waals surface area contributed by atoms with Crippen LogP contribution in [0.3, 0.4) is 0 Å². The number of methoxy groups -OCH3 is 1. The summed E-state index contributed by atoms with van der Waals surface area (Å²) in [6, 6.07) is 13.3. The fourth-order valence-corrected chi connectivity index (χ4v) is 3.29. The van der Waals surface area contributed by atoms with E-state index in [-0.39, 0.29) is 6.01 Å². The lowest BCUT2D eigenvalue weighted by Gasteiger charge is -1.97. The van der Waals surface area contributed by atoms with Gasteiger partial charge in [0.15, 0.2) is 5.13 Å². The Kier molecular flexibility index (Phi) is 3.79. The van der Waals surface area contributed by atoms with Crippen LogP contribution in [0.15, 0.2) is 46.9 Å². The first kappa shape index (κ1) is 14.9. The van der Waals surface area contributed by atoms with Crippen LogP contribution in [0.5, 0.6) is 5.75 Å². The smallest absolute Gasteiger partial charge is 0.322 e. The summed E-state index contributed by atoms with van der Waals surface area (Å²) >= 11 is 7.61.